The van der Waals surface area contributed by atoms with Crippen LogP contribution in [0.15, 0.2) is 12.1 Å². The lowest BCUT2D eigenvalue weighted by Crippen LogP contribution is -2.22. The molecule has 1 aliphatic heterocycles. The average molecular weight is 291 g/mol. The molecule has 0 aliphatic carbocycles. The Balaban J connectivity index is 2.03. The SMILES string of the molecule is CCN1CCC(CNc2cc(C)c(N)c(C(=O)OC)c2)C1. The molecule has 1 aromatic rings. The second-order valence-corrected chi connectivity index (χ2v) is 5.67. The van der Waals surface area contributed by atoms with Gasteiger partial charge in [0, 0.05) is 24.5 Å². The van der Waals surface area contributed by atoms with E-state index >= 15 is 0 Å². The van der Waals surface area contributed by atoms with Crippen molar-refractivity contribution in [2.24, 2.45) is 5.92 Å². The highest BCUT2D eigenvalue weighted by atomic mass is 16.5. The fraction of sp³-hybridized carbons (Fsp3) is 0.562. The topological polar surface area (TPSA) is 67.6 Å². The number of nitrogens with two attached hydrogens (primary N) is 1. The second kappa shape index (κ2) is 6.80. The molecule has 1 atom stereocenters. The first kappa shape index (κ1) is 15.6. The van der Waals surface area contributed by atoms with E-state index in [-0.39, 0.29) is 0 Å². The summed E-state index contributed by atoms with van der Waals surface area (Å²) in [6.45, 7) is 8.45. The monoisotopic (exact) mass is 291 g/mol. The molecule has 1 aliphatic rings. The Morgan fingerprint density at radius 3 is 2.90 bits per heavy atom. The van der Waals surface area contributed by atoms with E-state index in [1.165, 1.54) is 20.1 Å². The third-order valence-electron chi connectivity index (χ3n) is 4.20. The number of methoxy groups -OCH3 is 1. The molecule has 0 bridgehead atoms. The van der Waals surface area contributed by atoms with E-state index in [0.29, 0.717) is 17.2 Å². The highest BCUT2D eigenvalue weighted by Crippen LogP contribution is 2.24. The Kier molecular flexibility index (Phi) is 5.07. The van der Waals surface area contributed by atoms with Crippen LogP contribution in [0.25, 0.3) is 0 Å². The first-order chi connectivity index (χ1) is 10.0. The molecule has 0 aromatic heterocycles. The van der Waals surface area contributed by atoms with Crippen molar-refractivity contribution in [3.63, 3.8) is 0 Å². The van der Waals surface area contributed by atoms with Crippen LogP contribution in [0.5, 0.6) is 0 Å². The predicted molar refractivity (Wildman–Crippen MR) is 85.6 cm³/mol. The summed E-state index contributed by atoms with van der Waals surface area (Å²) in [5.74, 6) is 0.265. The Morgan fingerprint density at radius 2 is 2.29 bits per heavy atom. The average Bonchev–Trinajstić information content (AvgIpc) is 2.95. The summed E-state index contributed by atoms with van der Waals surface area (Å²) in [5.41, 5.74) is 8.69. The number of anilines is 2. The number of hydrogen-bond donors (Lipinski definition) is 2. The van der Waals surface area contributed by atoms with E-state index in [4.69, 9.17) is 10.5 Å². The third-order valence-corrected chi connectivity index (χ3v) is 4.20. The summed E-state index contributed by atoms with van der Waals surface area (Å²) in [7, 11) is 1.37. The molecule has 0 saturated carbocycles. The molecular weight excluding hydrogens is 266 g/mol. The minimum atomic E-state index is -0.391. The largest absolute Gasteiger partial charge is 0.465 e. The second-order valence-electron chi connectivity index (χ2n) is 5.67. The minimum Gasteiger partial charge on any atom is -0.465 e. The number of hydrogen-bond acceptors (Lipinski definition) is 5. The van der Waals surface area contributed by atoms with Crippen LogP contribution in [-0.4, -0.2) is 44.2 Å². The van der Waals surface area contributed by atoms with Crippen molar-refractivity contribution in [2.45, 2.75) is 20.3 Å². The Labute approximate surface area is 126 Å². The van der Waals surface area contributed by atoms with Crippen LogP contribution < -0.4 is 11.1 Å². The van der Waals surface area contributed by atoms with Crippen LogP contribution in [0.4, 0.5) is 11.4 Å². The van der Waals surface area contributed by atoms with Gasteiger partial charge in [0.1, 0.15) is 0 Å². The highest BCUT2D eigenvalue weighted by molar-refractivity contribution is 5.97. The zero-order valence-electron chi connectivity index (χ0n) is 13.1. The van der Waals surface area contributed by atoms with Gasteiger partial charge in [-0.3, -0.25) is 0 Å². The van der Waals surface area contributed by atoms with Gasteiger partial charge in [-0.05, 0) is 50.0 Å². The number of carbonyl (C=O) groups is 1. The van der Waals surface area contributed by atoms with Crippen molar-refractivity contribution < 1.29 is 9.53 Å². The fourth-order valence-electron chi connectivity index (χ4n) is 2.81. The number of likely N-dealkylation sites (tertiary alicyclic amines) is 1. The lowest BCUT2D eigenvalue weighted by atomic mass is 10.1. The molecule has 1 unspecified atom stereocenters. The van der Waals surface area contributed by atoms with E-state index in [1.54, 1.807) is 6.07 Å². The number of esters is 1. The van der Waals surface area contributed by atoms with Crippen molar-refractivity contribution >= 4 is 17.3 Å². The number of nitrogens with zero attached hydrogens (tertiary/aromatic N) is 1. The van der Waals surface area contributed by atoms with Gasteiger partial charge in [-0.1, -0.05) is 6.92 Å². The molecule has 3 N–H and O–H groups in total. The van der Waals surface area contributed by atoms with Gasteiger partial charge in [0.15, 0.2) is 0 Å². The van der Waals surface area contributed by atoms with E-state index in [2.05, 4.69) is 17.1 Å². The van der Waals surface area contributed by atoms with Crippen LogP contribution in [0.3, 0.4) is 0 Å². The Bertz CT molecular complexity index is 516. The standard InChI is InChI=1S/C16H25N3O2/c1-4-19-6-5-12(10-19)9-18-13-7-11(2)15(17)14(8-13)16(20)21-3/h7-8,12,18H,4-6,9-10,17H2,1-3H3. The Morgan fingerprint density at radius 1 is 1.52 bits per heavy atom. The molecule has 1 aromatic carbocycles. The van der Waals surface area contributed by atoms with E-state index in [0.717, 1.165) is 30.9 Å². The number of benzene rings is 1. The van der Waals surface area contributed by atoms with Gasteiger partial charge in [0.25, 0.3) is 0 Å². The van der Waals surface area contributed by atoms with Crippen LogP contribution in [0.1, 0.15) is 29.3 Å². The van der Waals surface area contributed by atoms with E-state index in [1.807, 2.05) is 13.0 Å². The van der Waals surface area contributed by atoms with Crippen molar-refractivity contribution in [3.05, 3.63) is 23.3 Å². The van der Waals surface area contributed by atoms with Crippen LogP contribution in [0, 0.1) is 12.8 Å². The van der Waals surface area contributed by atoms with Gasteiger partial charge < -0.3 is 20.7 Å². The first-order valence-corrected chi connectivity index (χ1v) is 7.49. The van der Waals surface area contributed by atoms with Crippen molar-refractivity contribution in [1.29, 1.82) is 0 Å². The van der Waals surface area contributed by atoms with Gasteiger partial charge in [-0.2, -0.15) is 0 Å². The smallest absolute Gasteiger partial charge is 0.340 e. The zero-order chi connectivity index (χ0) is 15.4. The maximum atomic E-state index is 11.7. The van der Waals surface area contributed by atoms with Gasteiger partial charge in [-0.15, -0.1) is 0 Å². The number of carbonyl (C=O) groups excluding carboxylic acids is 1. The zero-order valence-corrected chi connectivity index (χ0v) is 13.1. The molecule has 0 radical (unpaired) electrons. The van der Waals surface area contributed by atoms with Gasteiger partial charge in [0.2, 0.25) is 0 Å². The number of ether oxygens (including phenoxy) is 1. The molecular formula is C16H25N3O2. The molecule has 1 fully saturated rings. The number of aryl methyl sites for hydroxylation is 1. The van der Waals surface area contributed by atoms with Crippen LogP contribution in [0.2, 0.25) is 0 Å². The molecule has 116 valence electrons. The maximum absolute atomic E-state index is 11.7. The molecule has 2 rings (SSSR count). The maximum Gasteiger partial charge on any atom is 0.340 e. The normalized spacial score (nSPS) is 18.7. The van der Waals surface area contributed by atoms with Crippen LogP contribution in [-0.2, 0) is 4.74 Å². The van der Waals surface area contributed by atoms with Crippen molar-refractivity contribution in [2.75, 3.05) is 44.3 Å². The third kappa shape index (κ3) is 3.67. The number of rotatable bonds is 5. The van der Waals surface area contributed by atoms with Crippen molar-refractivity contribution in [1.82, 2.24) is 4.90 Å². The molecule has 1 heterocycles. The summed E-state index contributed by atoms with van der Waals surface area (Å²) < 4.78 is 4.78. The number of nitrogens with one attached hydrogen (secondary N) is 1. The quantitative estimate of drug-likeness (QED) is 0.642. The minimum absolute atomic E-state index is 0.391. The molecule has 5 heteroatoms. The Hall–Kier alpha value is -1.75. The van der Waals surface area contributed by atoms with Crippen molar-refractivity contribution in [3.8, 4) is 0 Å². The fourth-order valence-corrected chi connectivity index (χ4v) is 2.81. The summed E-state index contributed by atoms with van der Waals surface area (Å²) >= 11 is 0. The first-order valence-electron chi connectivity index (χ1n) is 7.49. The lowest BCUT2D eigenvalue weighted by Gasteiger charge is -2.16. The predicted octanol–water partition coefficient (Wildman–Crippen LogP) is 2.12. The summed E-state index contributed by atoms with van der Waals surface area (Å²) in [5, 5.41) is 3.43. The van der Waals surface area contributed by atoms with E-state index < -0.39 is 5.97 Å². The molecule has 21 heavy (non-hydrogen) atoms. The van der Waals surface area contributed by atoms with Gasteiger partial charge in [-0.25, -0.2) is 4.79 Å². The summed E-state index contributed by atoms with van der Waals surface area (Å²) in [6.07, 6.45) is 1.22. The summed E-state index contributed by atoms with van der Waals surface area (Å²) in [4.78, 5) is 14.2. The molecule has 5 nitrogen and oxygen atoms in total. The van der Waals surface area contributed by atoms with Crippen LogP contribution >= 0.6 is 0 Å². The highest BCUT2D eigenvalue weighted by Gasteiger charge is 2.21. The summed E-state index contributed by atoms with van der Waals surface area (Å²) in [6, 6.07) is 3.76. The molecule has 0 amide bonds. The molecule has 0 spiro atoms. The van der Waals surface area contributed by atoms with Gasteiger partial charge in [0.05, 0.1) is 12.7 Å². The van der Waals surface area contributed by atoms with E-state index in [9.17, 15) is 4.79 Å². The molecule has 1 saturated heterocycles. The number of nitrogen functional groups attached to an aromatic ring is 1. The lowest BCUT2D eigenvalue weighted by molar-refractivity contribution is 0.0602. The van der Waals surface area contributed by atoms with Gasteiger partial charge >= 0.3 is 5.97 Å².